The molecule has 6 N–H and O–H groups in total. The van der Waals surface area contributed by atoms with E-state index in [1.807, 2.05) is 0 Å². The third kappa shape index (κ3) is 5.64. The Morgan fingerprint density at radius 2 is 1.75 bits per heavy atom. The Hall–Kier alpha value is -0.380. The molecule has 0 aliphatic rings. The zero-order chi connectivity index (χ0) is 12.9. The number of ketones is 1. The van der Waals surface area contributed by atoms with Gasteiger partial charge in [-0.15, -0.1) is 0 Å². The predicted molar refractivity (Wildman–Crippen MR) is 48.1 cm³/mol. The van der Waals surface area contributed by atoms with Gasteiger partial charge in [0.15, 0.2) is 5.78 Å². The molecule has 0 aromatic rings. The zero-order valence-corrected chi connectivity index (χ0v) is 8.90. The third-order valence-corrected chi connectivity index (χ3v) is 2.08. The third-order valence-electron chi connectivity index (χ3n) is 1.61. The van der Waals surface area contributed by atoms with Crippen LogP contribution in [0.4, 0.5) is 0 Å². The Labute approximate surface area is 90.2 Å². The molecule has 0 aromatic carbocycles. The van der Waals surface area contributed by atoms with E-state index in [9.17, 15) is 9.36 Å². The fourth-order valence-corrected chi connectivity index (χ4v) is 1.04. The number of aliphatic hydroxyl groups excluding tert-OH is 4. The van der Waals surface area contributed by atoms with E-state index >= 15 is 0 Å². The van der Waals surface area contributed by atoms with Crippen molar-refractivity contribution in [2.75, 3.05) is 13.2 Å². The van der Waals surface area contributed by atoms with Crippen LogP contribution in [0.2, 0.25) is 0 Å². The normalized spacial score (nSPS) is 17.9. The van der Waals surface area contributed by atoms with Crippen LogP contribution in [0.3, 0.4) is 0 Å². The number of Topliss-reactive ketones (excluding diaryl/α,β-unsaturated/α-hetero) is 1. The first kappa shape index (κ1) is 15.6. The summed E-state index contributed by atoms with van der Waals surface area (Å²) >= 11 is 0. The van der Waals surface area contributed by atoms with Gasteiger partial charge in [0.25, 0.3) is 0 Å². The van der Waals surface area contributed by atoms with E-state index in [4.69, 9.17) is 30.2 Å². The van der Waals surface area contributed by atoms with Gasteiger partial charge in [0, 0.05) is 0 Å². The van der Waals surface area contributed by atoms with Crippen molar-refractivity contribution in [3.63, 3.8) is 0 Å². The van der Waals surface area contributed by atoms with Crippen LogP contribution < -0.4 is 0 Å². The second-order valence-electron chi connectivity index (χ2n) is 2.92. The first-order valence-electron chi connectivity index (χ1n) is 4.07. The van der Waals surface area contributed by atoms with Gasteiger partial charge in [0.1, 0.15) is 24.9 Å². The Kier molecular flexibility index (Phi) is 6.23. The highest BCUT2D eigenvalue weighted by molar-refractivity contribution is 7.46. The molecule has 0 heterocycles. The van der Waals surface area contributed by atoms with Crippen LogP contribution in [0.1, 0.15) is 0 Å². The second-order valence-corrected chi connectivity index (χ2v) is 4.16. The number of aliphatic hydroxyl groups is 4. The van der Waals surface area contributed by atoms with Crippen LogP contribution in [0.15, 0.2) is 0 Å². The SMILES string of the molecule is O=C(COP(=O)(O)O)[C@@H](O)C(O)[C@H](O)CO. The quantitative estimate of drug-likeness (QED) is 0.258. The monoisotopic (exact) mass is 260 g/mol. The Morgan fingerprint density at radius 1 is 1.25 bits per heavy atom. The second kappa shape index (κ2) is 6.38. The minimum absolute atomic E-state index is 0.884. The molecule has 0 rings (SSSR count). The van der Waals surface area contributed by atoms with Crippen molar-refractivity contribution in [2.45, 2.75) is 18.3 Å². The Balaban J connectivity index is 4.23. The summed E-state index contributed by atoms with van der Waals surface area (Å²) in [7, 11) is -4.85. The average Bonchev–Trinajstić information content (AvgIpc) is 2.21. The van der Waals surface area contributed by atoms with Crippen LogP contribution in [-0.4, -0.2) is 67.5 Å². The molecule has 96 valence electrons. The van der Waals surface area contributed by atoms with E-state index < -0.39 is 45.1 Å². The van der Waals surface area contributed by atoms with Gasteiger partial charge in [-0.2, -0.15) is 0 Å². The Bertz CT molecular complexity index is 273. The largest absolute Gasteiger partial charge is 0.470 e. The maximum atomic E-state index is 11.0. The number of carbonyl (C=O) groups is 1. The molecule has 10 heteroatoms. The van der Waals surface area contributed by atoms with Crippen LogP contribution in [0, 0.1) is 0 Å². The highest BCUT2D eigenvalue weighted by Crippen LogP contribution is 2.35. The molecule has 0 bridgehead atoms. The highest BCUT2D eigenvalue weighted by atomic mass is 31.2. The van der Waals surface area contributed by atoms with Crippen LogP contribution in [0.25, 0.3) is 0 Å². The summed E-state index contributed by atoms with van der Waals surface area (Å²) in [6, 6.07) is 0. The maximum absolute atomic E-state index is 11.0. The van der Waals surface area contributed by atoms with Crippen molar-refractivity contribution in [1.29, 1.82) is 0 Å². The van der Waals surface area contributed by atoms with Gasteiger partial charge in [-0.05, 0) is 0 Å². The van der Waals surface area contributed by atoms with Crippen LogP contribution in [0.5, 0.6) is 0 Å². The summed E-state index contributed by atoms with van der Waals surface area (Å²) in [5.41, 5.74) is 0. The summed E-state index contributed by atoms with van der Waals surface area (Å²) < 4.78 is 14.0. The number of rotatable bonds is 7. The maximum Gasteiger partial charge on any atom is 0.470 e. The molecular weight excluding hydrogens is 247 g/mol. The van der Waals surface area contributed by atoms with Crippen LogP contribution in [-0.2, 0) is 13.9 Å². The number of phosphoric acid groups is 1. The van der Waals surface area contributed by atoms with Crippen molar-refractivity contribution >= 4 is 13.6 Å². The van der Waals surface area contributed by atoms with Crippen molar-refractivity contribution in [3.8, 4) is 0 Å². The average molecular weight is 260 g/mol. The molecule has 0 aliphatic heterocycles. The van der Waals surface area contributed by atoms with E-state index in [0.717, 1.165) is 0 Å². The molecule has 0 aromatic heterocycles. The minimum Gasteiger partial charge on any atom is -0.394 e. The lowest BCUT2D eigenvalue weighted by Crippen LogP contribution is -2.45. The lowest BCUT2D eigenvalue weighted by atomic mass is 10.1. The standard InChI is InChI=1S/C6H13O9P/c7-1-3(8)5(10)6(11)4(9)2-15-16(12,13)14/h3,5-8,10-11H,1-2H2,(H2,12,13,14)/t3-,5?,6-/m1/s1. The summed E-state index contributed by atoms with van der Waals surface area (Å²) in [5, 5.41) is 35.4. The Morgan fingerprint density at radius 3 is 2.12 bits per heavy atom. The van der Waals surface area contributed by atoms with Gasteiger partial charge >= 0.3 is 7.82 Å². The van der Waals surface area contributed by atoms with E-state index in [1.54, 1.807) is 0 Å². The van der Waals surface area contributed by atoms with E-state index in [0.29, 0.717) is 0 Å². The molecule has 3 atom stereocenters. The fourth-order valence-electron chi connectivity index (χ4n) is 0.742. The van der Waals surface area contributed by atoms with Crippen molar-refractivity contribution < 1.29 is 44.1 Å². The number of carbonyl (C=O) groups excluding carboxylic acids is 1. The zero-order valence-electron chi connectivity index (χ0n) is 8.00. The molecule has 0 spiro atoms. The fraction of sp³-hybridized carbons (Fsp3) is 0.833. The molecule has 0 radical (unpaired) electrons. The van der Waals surface area contributed by atoms with Gasteiger partial charge in [0.05, 0.1) is 6.61 Å². The molecule has 16 heavy (non-hydrogen) atoms. The molecular formula is C6H13O9P. The van der Waals surface area contributed by atoms with Crippen molar-refractivity contribution in [3.05, 3.63) is 0 Å². The molecule has 0 amide bonds. The van der Waals surface area contributed by atoms with E-state index in [1.165, 1.54) is 0 Å². The lowest BCUT2D eigenvalue weighted by molar-refractivity contribution is -0.142. The number of hydrogen-bond acceptors (Lipinski definition) is 7. The van der Waals surface area contributed by atoms with Crippen molar-refractivity contribution in [1.82, 2.24) is 0 Å². The van der Waals surface area contributed by atoms with Crippen molar-refractivity contribution in [2.24, 2.45) is 0 Å². The highest BCUT2D eigenvalue weighted by Gasteiger charge is 2.31. The lowest BCUT2D eigenvalue weighted by Gasteiger charge is -2.20. The smallest absolute Gasteiger partial charge is 0.394 e. The predicted octanol–water partition coefficient (Wildman–Crippen LogP) is -3.26. The molecule has 9 nitrogen and oxygen atoms in total. The molecule has 0 fully saturated rings. The summed E-state index contributed by atoms with van der Waals surface area (Å²) in [6.07, 6.45) is -5.81. The number of hydrogen-bond donors (Lipinski definition) is 6. The minimum atomic E-state index is -4.85. The topological polar surface area (TPSA) is 165 Å². The van der Waals surface area contributed by atoms with E-state index in [-0.39, 0.29) is 0 Å². The van der Waals surface area contributed by atoms with Gasteiger partial charge in [-0.3, -0.25) is 9.32 Å². The molecule has 0 saturated heterocycles. The van der Waals surface area contributed by atoms with Gasteiger partial charge in [-0.1, -0.05) is 0 Å². The van der Waals surface area contributed by atoms with Gasteiger partial charge < -0.3 is 30.2 Å². The van der Waals surface area contributed by atoms with Gasteiger partial charge in [0.2, 0.25) is 0 Å². The first-order chi connectivity index (χ1) is 7.19. The first-order valence-corrected chi connectivity index (χ1v) is 5.60. The van der Waals surface area contributed by atoms with E-state index in [2.05, 4.69) is 4.52 Å². The molecule has 0 saturated carbocycles. The summed E-state index contributed by atoms with van der Waals surface area (Å²) in [5.74, 6) is -1.23. The van der Waals surface area contributed by atoms with Gasteiger partial charge in [-0.25, -0.2) is 4.57 Å². The van der Waals surface area contributed by atoms with Crippen LogP contribution >= 0.6 is 7.82 Å². The molecule has 1 unspecified atom stereocenters. The summed E-state index contributed by atoms with van der Waals surface area (Å²) in [4.78, 5) is 27.5. The number of phosphoric ester groups is 1. The summed E-state index contributed by atoms with van der Waals surface area (Å²) in [6.45, 7) is -2.01. The molecule has 0 aliphatic carbocycles.